The molecule has 2 aromatic rings. The highest BCUT2D eigenvalue weighted by Gasteiger charge is 2.14. The van der Waals surface area contributed by atoms with Crippen LogP contribution in [0.25, 0.3) is 0 Å². The van der Waals surface area contributed by atoms with Crippen molar-refractivity contribution in [1.29, 1.82) is 0 Å². The van der Waals surface area contributed by atoms with Crippen LogP contribution in [0.3, 0.4) is 0 Å². The van der Waals surface area contributed by atoms with Crippen LogP contribution in [-0.4, -0.2) is 23.2 Å². The smallest absolute Gasteiger partial charge is 0.261 e. The molecule has 1 aromatic heterocycles. The number of rotatable bonds is 4. The molecule has 0 unspecified atom stereocenters. The van der Waals surface area contributed by atoms with Crippen molar-refractivity contribution in [2.45, 2.75) is 11.5 Å². The van der Waals surface area contributed by atoms with Crippen LogP contribution in [0.5, 0.6) is 5.75 Å². The molecule has 6 nitrogen and oxygen atoms in total. The van der Waals surface area contributed by atoms with Gasteiger partial charge in [-0.25, -0.2) is 17.8 Å². The molecule has 0 radical (unpaired) electrons. The molecule has 0 N–H and O–H groups in total. The number of ether oxygens (including phenoxy) is 1. The number of aryl methyl sites for hydroxylation is 1. The molecule has 2 rings (SSSR count). The lowest BCUT2D eigenvalue weighted by Crippen LogP contribution is -2.05. The summed E-state index contributed by atoms with van der Waals surface area (Å²) in [6, 6.07) is 3.16. The van der Waals surface area contributed by atoms with Crippen LogP contribution in [-0.2, 0) is 22.7 Å². The Morgan fingerprint density at radius 3 is 2.74 bits per heavy atom. The lowest BCUT2D eigenvalue weighted by Gasteiger charge is -2.07. The minimum atomic E-state index is -3.96. The zero-order valence-electron chi connectivity index (χ0n) is 9.75. The zero-order valence-corrected chi connectivity index (χ0v) is 11.3. The SMILES string of the molecule is Cn1ncnc1COc1ccc(S(=O)(=O)Cl)cc1F. The van der Waals surface area contributed by atoms with Crippen LogP contribution < -0.4 is 4.74 Å². The maximum Gasteiger partial charge on any atom is 0.261 e. The zero-order chi connectivity index (χ0) is 14.0. The summed E-state index contributed by atoms with van der Waals surface area (Å²) in [5.41, 5.74) is 0. The number of nitrogens with zero attached hydrogens (tertiary/aromatic N) is 3. The van der Waals surface area contributed by atoms with Gasteiger partial charge in [-0.2, -0.15) is 5.10 Å². The van der Waals surface area contributed by atoms with Crippen LogP contribution in [0.15, 0.2) is 29.4 Å². The Morgan fingerprint density at radius 2 is 2.21 bits per heavy atom. The third-order valence-corrected chi connectivity index (χ3v) is 3.70. The predicted molar refractivity (Wildman–Crippen MR) is 64.8 cm³/mol. The summed E-state index contributed by atoms with van der Waals surface area (Å²) < 4.78 is 42.3. The van der Waals surface area contributed by atoms with Gasteiger partial charge in [0.2, 0.25) is 0 Å². The molecular formula is C10H9ClFN3O3S. The van der Waals surface area contributed by atoms with E-state index in [4.69, 9.17) is 15.4 Å². The van der Waals surface area contributed by atoms with Crippen molar-refractivity contribution in [3.63, 3.8) is 0 Å². The summed E-state index contributed by atoms with van der Waals surface area (Å²) in [6.07, 6.45) is 1.35. The fraction of sp³-hybridized carbons (Fsp3) is 0.200. The van der Waals surface area contributed by atoms with E-state index in [-0.39, 0.29) is 17.3 Å². The van der Waals surface area contributed by atoms with Gasteiger partial charge < -0.3 is 4.74 Å². The summed E-state index contributed by atoms with van der Waals surface area (Å²) in [5, 5.41) is 3.83. The number of aromatic nitrogens is 3. The Labute approximate surface area is 113 Å². The first-order valence-electron chi connectivity index (χ1n) is 5.08. The number of halogens is 2. The summed E-state index contributed by atoms with van der Waals surface area (Å²) in [5.74, 6) is -0.399. The van der Waals surface area contributed by atoms with Gasteiger partial charge in [0.1, 0.15) is 12.9 Å². The molecule has 19 heavy (non-hydrogen) atoms. The predicted octanol–water partition coefficient (Wildman–Crippen LogP) is 1.46. The maximum atomic E-state index is 13.6. The van der Waals surface area contributed by atoms with E-state index in [1.807, 2.05) is 0 Å². The molecule has 0 spiro atoms. The fourth-order valence-corrected chi connectivity index (χ4v) is 2.11. The molecule has 0 aliphatic rings. The molecule has 1 aromatic carbocycles. The van der Waals surface area contributed by atoms with Crippen LogP contribution in [0.4, 0.5) is 4.39 Å². The third kappa shape index (κ3) is 3.21. The van der Waals surface area contributed by atoms with Crippen molar-refractivity contribution in [2.75, 3.05) is 0 Å². The van der Waals surface area contributed by atoms with Crippen molar-refractivity contribution in [3.8, 4) is 5.75 Å². The minimum Gasteiger partial charge on any atom is -0.483 e. The Bertz CT molecular complexity index is 702. The topological polar surface area (TPSA) is 74.1 Å². The van der Waals surface area contributed by atoms with Crippen molar-refractivity contribution in [2.24, 2.45) is 7.05 Å². The second-order valence-electron chi connectivity index (χ2n) is 3.62. The van der Waals surface area contributed by atoms with Gasteiger partial charge >= 0.3 is 0 Å². The molecular weight excluding hydrogens is 297 g/mol. The first-order chi connectivity index (χ1) is 8.88. The molecule has 0 saturated carbocycles. The summed E-state index contributed by atoms with van der Waals surface area (Å²) in [7, 11) is 2.82. The number of hydrogen-bond acceptors (Lipinski definition) is 5. The van der Waals surface area contributed by atoms with E-state index in [0.29, 0.717) is 5.82 Å². The average molecular weight is 306 g/mol. The molecule has 102 valence electrons. The van der Waals surface area contributed by atoms with E-state index in [2.05, 4.69) is 10.1 Å². The van der Waals surface area contributed by atoms with Crippen LogP contribution >= 0.6 is 10.7 Å². The van der Waals surface area contributed by atoms with Gasteiger partial charge in [-0.1, -0.05) is 0 Å². The van der Waals surface area contributed by atoms with Crippen molar-refractivity contribution in [1.82, 2.24) is 14.8 Å². The molecule has 0 aliphatic carbocycles. The van der Waals surface area contributed by atoms with E-state index in [0.717, 1.165) is 12.1 Å². The highest BCUT2D eigenvalue weighted by Crippen LogP contribution is 2.23. The molecule has 0 bridgehead atoms. The molecule has 0 amide bonds. The normalized spacial score (nSPS) is 11.5. The van der Waals surface area contributed by atoms with Crippen molar-refractivity contribution in [3.05, 3.63) is 36.2 Å². The van der Waals surface area contributed by atoms with Gasteiger partial charge in [0.25, 0.3) is 9.05 Å². The van der Waals surface area contributed by atoms with Crippen LogP contribution in [0, 0.1) is 5.82 Å². The van der Waals surface area contributed by atoms with Crippen molar-refractivity contribution >= 4 is 19.7 Å². The minimum absolute atomic E-state index is 0.0143. The first kappa shape index (κ1) is 13.8. The number of hydrogen-bond donors (Lipinski definition) is 0. The Hall–Kier alpha value is -1.67. The summed E-state index contributed by atoms with van der Waals surface area (Å²) in [6.45, 7) is 0.0143. The van der Waals surface area contributed by atoms with Gasteiger partial charge in [0, 0.05) is 17.7 Å². The Balaban J connectivity index is 2.16. The highest BCUT2D eigenvalue weighted by molar-refractivity contribution is 8.13. The summed E-state index contributed by atoms with van der Waals surface area (Å²) in [4.78, 5) is 3.58. The van der Waals surface area contributed by atoms with Crippen LogP contribution in [0.2, 0.25) is 0 Å². The van der Waals surface area contributed by atoms with Crippen molar-refractivity contribution < 1.29 is 17.5 Å². The van der Waals surface area contributed by atoms with Gasteiger partial charge in [-0.3, -0.25) is 4.68 Å². The molecule has 9 heteroatoms. The van der Waals surface area contributed by atoms with E-state index < -0.39 is 14.9 Å². The second-order valence-corrected chi connectivity index (χ2v) is 6.18. The average Bonchev–Trinajstić information content (AvgIpc) is 2.72. The van der Waals surface area contributed by atoms with Gasteiger partial charge in [-0.05, 0) is 18.2 Å². The quantitative estimate of drug-likeness (QED) is 0.800. The van der Waals surface area contributed by atoms with E-state index >= 15 is 0 Å². The maximum absolute atomic E-state index is 13.6. The standard InChI is InChI=1S/C10H9ClFN3O3S/c1-15-10(13-6-14-15)5-18-9-3-2-7(4-8(9)12)19(11,16)17/h2-4,6H,5H2,1H3. The number of benzene rings is 1. The first-order valence-corrected chi connectivity index (χ1v) is 7.39. The largest absolute Gasteiger partial charge is 0.483 e. The Kier molecular flexibility index (Phi) is 3.72. The monoisotopic (exact) mass is 305 g/mol. The van der Waals surface area contributed by atoms with Gasteiger partial charge in [0.05, 0.1) is 4.90 Å². The van der Waals surface area contributed by atoms with E-state index in [1.165, 1.54) is 17.1 Å². The fourth-order valence-electron chi connectivity index (χ4n) is 1.34. The second kappa shape index (κ2) is 5.14. The van der Waals surface area contributed by atoms with E-state index in [9.17, 15) is 12.8 Å². The molecule has 0 saturated heterocycles. The third-order valence-electron chi connectivity index (χ3n) is 2.35. The van der Waals surface area contributed by atoms with Crippen LogP contribution in [0.1, 0.15) is 5.82 Å². The summed E-state index contributed by atoms with van der Waals surface area (Å²) >= 11 is 0. The molecule has 0 aliphatic heterocycles. The molecule has 0 atom stereocenters. The van der Waals surface area contributed by atoms with Gasteiger partial charge in [0.15, 0.2) is 17.4 Å². The molecule has 1 heterocycles. The van der Waals surface area contributed by atoms with E-state index in [1.54, 1.807) is 7.05 Å². The highest BCUT2D eigenvalue weighted by atomic mass is 35.7. The Morgan fingerprint density at radius 1 is 1.47 bits per heavy atom. The lowest BCUT2D eigenvalue weighted by molar-refractivity contribution is 0.275. The van der Waals surface area contributed by atoms with Gasteiger partial charge in [-0.15, -0.1) is 0 Å². The molecule has 0 fully saturated rings. The lowest BCUT2D eigenvalue weighted by atomic mass is 10.3.